The molecule has 0 heterocycles. The van der Waals surface area contributed by atoms with Crippen LogP contribution in [0.4, 0.5) is 28.9 Å². The van der Waals surface area contributed by atoms with Crippen LogP contribution in [0.15, 0.2) is 42.5 Å². The van der Waals surface area contributed by atoms with Crippen LogP contribution in [-0.4, -0.2) is 11.8 Å². The van der Waals surface area contributed by atoms with Gasteiger partial charge in [-0.2, -0.15) is 13.2 Å². The van der Waals surface area contributed by atoms with Crippen molar-refractivity contribution in [2.45, 2.75) is 19.5 Å². The van der Waals surface area contributed by atoms with Gasteiger partial charge in [-0.3, -0.25) is 9.59 Å². The van der Waals surface area contributed by atoms with Crippen LogP contribution in [0.3, 0.4) is 0 Å². The Morgan fingerprint density at radius 3 is 2.32 bits per heavy atom. The molecule has 2 amide bonds. The lowest BCUT2D eigenvalue weighted by Gasteiger charge is -2.15. The topological polar surface area (TPSA) is 58.2 Å². The number of carbonyl (C=O) groups excluding carboxylic acids is 2. The zero-order valence-electron chi connectivity index (χ0n) is 13.1. The molecular weight excluding hydrogens is 340 g/mol. The first-order chi connectivity index (χ1) is 11.7. The van der Waals surface area contributed by atoms with Crippen LogP contribution in [0, 0.1) is 5.82 Å². The first kappa shape index (κ1) is 18.4. The number of amides is 2. The van der Waals surface area contributed by atoms with E-state index < -0.39 is 41.5 Å². The van der Waals surface area contributed by atoms with Gasteiger partial charge < -0.3 is 10.6 Å². The maximum atomic E-state index is 13.5. The van der Waals surface area contributed by atoms with E-state index >= 15 is 0 Å². The Morgan fingerprint density at radius 2 is 1.72 bits per heavy atom. The van der Waals surface area contributed by atoms with E-state index in [0.29, 0.717) is 0 Å². The normalized spacial score (nSPS) is 11.1. The minimum atomic E-state index is -4.74. The molecule has 0 bridgehead atoms. The monoisotopic (exact) mass is 354 g/mol. The predicted octanol–water partition coefficient (Wildman–Crippen LogP) is 3.98. The minimum Gasteiger partial charge on any atom is -0.326 e. The van der Waals surface area contributed by atoms with Crippen LogP contribution < -0.4 is 10.6 Å². The SMILES string of the molecule is CC(=O)Nc1ccc(NC(=O)Cc2ccccc2F)c(C(F)(F)F)c1. The predicted molar refractivity (Wildman–Crippen MR) is 84.5 cm³/mol. The second-order valence-electron chi connectivity index (χ2n) is 5.26. The van der Waals surface area contributed by atoms with Gasteiger partial charge >= 0.3 is 6.18 Å². The third-order valence-electron chi connectivity index (χ3n) is 3.23. The van der Waals surface area contributed by atoms with Gasteiger partial charge in [0.25, 0.3) is 0 Å². The van der Waals surface area contributed by atoms with Gasteiger partial charge in [-0.15, -0.1) is 0 Å². The van der Waals surface area contributed by atoms with Crippen LogP contribution in [-0.2, 0) is 22.2 Å². The van der Waals surface area contributed by atoms with Crippen molar-refractivity contribution in [2.75, 3.05) is 10.6 Å². The van der Waals surface area contributed by atoms with Crippen LogP contribution in [0.1, 0.15) is 18.1 Å². The molecule has 0 saturated heterocycles. The highest BCUT2D eigenvalue weighted by Gasteiger charge is 2.34. The van der Waals surface area contributed by atoms with Crippen molar-refractivity contribution in [1.82, 2.24) is 0 Å². The van der Waals surface area contributed by atoms with Gasteiger partial charge in [0, 0.05) is 12.6 Å². The van der Waals surface area contributed by atoms with E-state index in [1.54, 1.807) is 0 Å². The number of rotatable bonds is 4. The Balaban J connectivity index is 2.24. The highest BCUT2D eigenvalue weighted by atomic mass is 19.4. The number of anilines is 2. The van der Waals surface area contributed by atoms with Crippen molar-refractivity contribution in [1.29, 1.82) is 0 Å². The highest BCUT2D eigenvalue weighted by Crippen LogP contribution is 2.36. The van der Waals surface area contributed by atoms with Gasteiger partial charge in [0.2, 0.25) is 11.8 Å². The zero-order chi connectivity index (χ0) is 18.6. The summed E-state index contributed by atoms with van der Waals surface area (Å²) in [7, 11) is 0. The fourth-order valence-corrected chi connectivity index (χ4v) is 2.18. The Hall–Kier alpha value is -2.90. The summed E-state index contributed by atoms with van der Waals surface area (Å²) in [6, 6.07) is 8.49. The molecule has 0 unspecified atom stereocenters. The van der Waals surface area contributed by atoms with Crippen LogP contribution in [0.2, 0.25) is 0 Å². The summed E-state index contributed by atoms with van der Waals surface area (Å²) in [5.41, 5.74) is -1.56. The third kappa shape index (κ3) is 5.03. The van der Waals surface area contributed by atoms with E-state index in [0.717, 1.165) is 25.1 Å². The average molecular weight is 354 g/mol. The molecule has 8 heteroatoms. The van der Waals surface area contributed by atoms with Crippen molar-refractivity contribution in [3.05, 3.63) is 59.4 Å². The van der Waals surface area contributed by atoms with Gasteiger partial charge in [0.15, 0.2) is 0 Å². The minimum absolute atomic E-state index is 0.0491. The highest BCUT2D eigenvalue weighted by molar-refractivity contribution is 5.94. The van der Waals surface area contributed by atoms with Crippen molar-refractivity contribution in [2.24, 2.45) is 0 Å². The van der Waals surface area contributed by atoms with E-state index in [1.807, 2.05) is 0 Å². The smallest absolute Gasteiger partial charge is 0.326 e. The van der Waals surface area contributed by atoms with Crippen molar-refractivity contribution < 1.29 is 27.2 Å². The van der Waals surface area contributed by atoms with Gasteiger partial charge in [-0.25, -0.2) is 4.39 Å². The molecule has 2 N–H and O–H groups in total. The molecule has 0 saturated carbocycles. The maximum absolute atomic E-state index is 13.5. The lowest BCUT2D eigenvalue weighted by Crippen LogP contribution is -2.19. The molecule has 0 fully saturated rings. The molecule has 0 aliphatic heterocycles. The number of hydrogen-bond donors (Lipinski definition) is 2. The molecule has 4 nitrogen and oxygen atoms in total. The number of carbonyl (C=O) groups is 2. The first-order valence-corrected chi connectivity index (χ1v) is 7.19. The maximum Gasteiger partial charge on any atom is 0.418 e. The summed E-state index contributed by atoms with van der Waals surface area (Å²) >= 11 is 0. The van der Waals surface area contributed by atoms with Crippen molar-refractivity contribution >= 4 is 23.2 Å². The van der Waals surface area contributed by atoms with E-state index in [2.05, 4.69) is 10.6 Å². The average Bonchev–Trinajstić information content (AvgIpc) is 2.49. The molecule has 0 aliphatic rings. The fraction of sp³-hybridized carbons (Fsp3) is 0.176. The molecule has 25 heavy (non-hydrogen) atoms. The molecule has 132 valence electrons. The molecule has 0 aromatic heterocycles. The Labute approximate surface area is 140 Å². The van der Waals surface area contributed by atoms with Gasteiger partial charge in [0.05, 0.1) is 17.7 Å². The molecule has 0 atom stereocenters. The summed E-state index contributed by atoms with van der Waals surface area (Å²) in [5, 5.41) is 4.38. The van der Waals surface area contributed by atoms with Crippen molar-refractivity contribution in [3.63, 3.8) is 0 Å². The molecule has 2 aromatic carbocycles. The van der Waals surface area contributed by atoms with Crippen LogP contribution in [0.5, 0.6) is 0 Å². The molecule has 2 aromatic rings. The van der Waals surface area contributed by atoms with Crippen LogP contribution >= 0.6 is 0 Å². The number of nitrogens with one attached hydrogen (secondary N) is 2. The second kappa shape index (κ2) is 7.33. The lowest BCUT2D eigenvalue weighted by atomic mass is 10.1. The van der Waals surface area contributed by atoms with E-state index in [4.69, 9.17) is 0 Å². The summed E-state index contributed by atoms with van der Waals surface area (Å²) in [5.74, 6) is -1.93. The summed E-state index contributed by atoms with van der Waals surface area (Å²) in [4.78, 5) is 22.9. The molecule has 0 aliphatic carbocycles. The Bertz CT molecular complexity index is 803. The standard InChI is InChI=1S/C17H14F4N2O2/c1-10(24)22-12-6-7-15(13(9-12)17(19,20)21)23-16(25)8-11-4-2-3-5-14(11)18/h2-7,9H,8H2,1H3,(H,22,24)(H,23,25). The number of halogens is 4. The Morgan fingerprint density at radius 1 is 1.04 bits per heavy atom. The van der Waals surface area contributed by atoms with Crippen LogP contribution in [0.25, 0.3) is 0 Å². The van der Waals surface area contributed by atoms with Crippen molar-refractivity contribution in [3.8, 4) is 0 Å². The summed E-state index contributed by atoms with van der Waals surface area (Å²) in [6.45, 7) is 1.16. The Kier molecular flexibility index (Phi) is 5.41. The van der Waals surface area contributed by atoms with E-state index in [1.165, 1.54) is 24.3 Å². The number of hydrogen-bond acceptors (Lipinski definition) is 2. The largest absolute Gasteiger partial charge is 0.418 e. The molecular formula is C17H14F4N2O2. The fourth-order valence-electron chi connectivity index (χ4n) is 2.18. The molecule has 2 rings (SSSR count). The summed E-state index contributed by atoms with van der Waals surface area (Å²) in [6.07, 6.45) is -5.15. The lowest BCUT2D eigenvalue weighted by molar-refractivity contribution is -0.137. The third-order valence-corrected chi connectivity index (χ3v) is 3.23. The first-order valence-electron chi connectivity index (χ1n) is 7.19. The number of benzene rings is 2. The van der Waals surface area contributed by atoms with Gasteiger partial charge in [-0.05, 0) is 29.8 Å². The molecule has 0 spiro atoms. The number of alkyl halides is 3. The van der Waals surface area contributed by atoms with E-state index in [-0.39, 0.29) is 11.3 Å². The summed E-state index contributed by atoms with van der Waals surface area (Å²) < 4.78 is 53.1. The van der Waals surface area contributed by atoms with Gasteiger partial charge in [0.1, 0.15) is 5.82 Å². The van der Waals surface area contributed by atoms with E-state index in [9.17, 15) is 27.2 Å². The molecule has 0 radical (unpaired) electrons. The quantitative estimate of drug-likeness (QED) is 0.816. The van der Waals surface area contributed by atoms with Gasteiger partial charge in [-0.1, -0.05) is 18.2 Å². The second-order valence-corrected chi connectivity index (χ2v) is 5.26. The zero-order valence-corrected chi connectivity index (χ0v) is 13.1.